The molecule has 0 amide bonds. The Balaban J connectivity index is 0.00000274. The molecule has 0 unspecified atom stereocenters. The summed E-state index contributed by atoms with van der Waals surface area (Å²) in [6, 6.07) is 11.5. The van der Waals surface area contributed by atoms with Crippen molar-refractivity contribution in [3.05, 3.63) is 48.3 Å². The molecule has 0 saturated carbocycles. The van der Waals surface area contributed by atoms with Gasteiger partial charge in [-0.3, -0.25) is 4.98 Å². The van der Waals surface area contributed by atoms with Crippen LogP contribution in [0.15, 0.2) is 42.6 Å². The standard InChI is InChI=1S/C25H29N7O.ClH/c1-15-10-17(8-9-26-15)16-6-7-19(22(33)11-16)20-12-21-23(29-27-20)32(31-28-21)18-13-24(2,3)30-25(4,5)14-18;/h6-12,18,30,33H,13-14H2,1-5H3;1H. The van der Waals surface area contributed by atoms with E-state index in [0.29, 0.717) is 22.4 Å². The van der Waals surface area contributed by atoms with E-state index in [9.17, 15) is 5.11 Å². The summed E-state index contributed by atoms with van der Waals surface area (Å²) < 4.78 is 1.91. The van der Waals surface area contributed by atoms with Gasteiger partial charge in [0.1, 0.15) is 11.3 Å². The quantitative estimate of drug-likeness (QED) is 0.432. The Morgan fingerprint density at radius 2 is 1.65 bits per heavy atom. The van der Waals surface area contributed by atoms with Gasteiger partial charge in [-0.05, 0) is 88.9 Å². The van der Waals surface area contributed by atoms with Crippen LogP contribution in [0.2, 0.25) is 0 Å². The number of fused-ring (bicyclic) bond motifs is 1. The van der Waals surface area contributed by atoms with Crippen LogP contribution < -0.4 is 5.32 Å². The zero-order valence-electron chi connectivity index (χ0n) is 20.1. The first-order valence-corrected chi connectivity index (χ1v) is 11.2. The first-order valence-electron chi connectivity index (χ1n) is 11.2. The van der Waals surface area contributed by atoms with Crippen molar-refractivity contribution in [3.8, 4) is 28.1 Å². The molecule has 5 rings (SSSR count). The van der Waals surface area contributed by atoms with Crippen molar-refractivity contribution >= 4 is 23.6 Å². The van der Waals surface area contributed by atoms with Gasteiger partial charge in [-0.2, -0.15) is 0 Å². The number of aromatic hydroxyl groups is 1. The number of halogens is 1. The van der Waals surface area contributed by atoms with Crippen molar-refractivity contribution < 1.29 is 5.11 Å². The van der Waals surface area contributed by atoms with Crippen molar-refractivity contribution in [3.63, 3.8) is 0 Å². The minimum Gasteiger partial charge on any atom is -0.507 e. The van der Waals surface area contributed by atoms with E-state index >= 15 is 0 Å². The molecule has 1 saturated heterocycles. The van der Waals surface area contributed by atoms with E-state index in [1.807, 2.05) is 41.9 Å². The summed E-state index contributed by atoms with van der Waals surface area (Å²) in [4.78, 5) is 4.23. The maximum absolute atomic E-state index is 10.7. The van der Waals surface area contributed by atoms with Crippen LogP contribution in [0.25, 0.3) is 33.5 Å². The third kappa shape index (κ3) is 4.60. The van der Waals surface area contributed by atoms with Crippen LogP contribution in [0.4, 0.5) is 0 Å². The summed E-state index contributed by atoms with van der Waals surface area (Å²) >= 11 is 0. The average Bonchev–Trinajstić information content (AvgIpc) is 3.15. The predicted molar refractivity (Wildman–Crippen MR) is 135 cm³/mol. The molecule has 8 nitrogen and oxygen atoms in total. The Hall–Kier alpha value is -3.10. The number of phenolic OH excluding ortho intramolecular Hbond substituents is 1. The van der Waals surface area contributed by atoms with Gasteiger partial charge < -0.3 is 10.4 Å². The van der Waals surface area contributed by atoms with Crippen LogP contribution in [0.1, 0.15) is 52.3 Å². The van der Waals surface area contributed by atoms with E-state index in [0.717, 1.165) is 29.7 Å². The molecule has 1 aromatic carbocycles. The van der Waals surface area contributed by atoms with Crippen molar-refractivity contribution in [1.29, 1.82) is 0 Å². The molecule has 3 aromatic heterocycles. The van der Waals surface area contributed by atoms with E-state index < -0.39 is 0 Å². The monoisotopic (exact) mass is 479 g/mol. The number of piperidine rings is 1. The highest BCUT2D eigenvalue weighted by Crippen LogP contribution is 2.37. The third-order valence-corrected chi connectivity index (χ3v) is 6.24. The van der Waals surface area contributed by atoms with Gasteiger partial charge >= 0.3 is 0 Å². The first-order chi connectivity index (χ1) is 15.6. The zero-order valence-corrected chi connectivity index (χ0v) is 20.9. The molecule has 178 valence electrons. The number of nitrogens with one attached hydrogen (secondary N) is 1. The fourth-order valence-corrected chi connectivity index (χ4v) is 5.22. The number of hydrogen-bond donors (Lipinski definition) is 2. The molecular formula is C25H30ClN7O. The van der Waals surface area contributed by atoms with E-state index in [1.165, 1.54) is 0 Å². The lowest BCUT2D eigenvalue weighted by Gasteiger charge is -2.46. The topological polar surface area (TPSA) is 102 Å². The molecule has 0 bridgehead atoms. The molecule has 34 heavy (non-hydrogen) atoms. The van der Waals surface area contributed by atoms with Gasteiger partial charge in [-0.25, -0.2) is 4.68 Å². The van der Waals surface area contributed by atoms with Crippen molar-refractivity contribution in [1.82, 2.24) is 35.5 Å². The second kappa shape index (κ2) is 8.60. The van der Waals surface area contributed by atoms with Crippen LogP contribution in [-0.4, -0.2) is 46.4 Å². The highest BCUT2D eigenvalue weighted by Gasteiger charge is 2.39. The minimum absolute atomic E-state index is 0. The predicted octanol–water partition coefficient (Wildman–Crippen LogP) is 4.87. The molecule has 0 aliphatic carbocycles. The summed E-state index contributed by atoms with van der Waals surface area (Å²) in [5.74, 6) is 0.143. The molecule has 9 heteroatoms. The second-order valence-electron chi connectivity index (χ2n) is 10.3. The molecule has 0 spiro atoms. The average molecular weight is 480 g/mol. The van der Waals surface area contributed by atoms with Gasteiger partial charge in [0, 0.05) is 28.5 Å². The van der Waals surface area contributed by atoms with E-state index in [2.05, 4.69) is 58.5 Å². The number of hydrogen-bond acceptors (Lipinski definition) is 7. The Morgan fingerprint density at radius 3 is 2.32 bits per heavy atom. The lowest BCUT2D eigenvalue weighted by molar-refractivity contribution is 0.127. The highest BCUT2D eigenvalue weighted by molar-refractivity contribution is 5.85. The number of aromatic nitrogens is 6. The molecule has 1 fully saturated rings. The van der Waals surface area contributed by atoms with Crippen LogP contribution in [0, 0.1) is 6.92 Å². The Bertz CT molecular complexity index is 1330. The number of rotatable bonds is 3. The fourth-order valence-electron chi connectivity index (χ4n) is 5.22. The van der Waals surface area contributed by atoms with Crippen molar-refractivity contribution in [2.45, 2.75) is 64.6 Å². The van der Waals surface area contributed by atoms with Crippen LogP contribution in [0.5, 0.6) is 5.75 Å². The fraction of sp³-hybridized carbons (Fsp3) is 0.400. The van der Waals surface area contributed by atoms with E-state index in [4.69, 9.17) is 0 Å². The summed E-state index contributed by atoms with van der Waals surface area (Å²) in [5, 5.41) is 32.1. The molecule has 4 aromatic rings. The largest absolute Gasteiger partial charge is 0.507 e. The van der Waals surface area contributed by atoms with Crippen molar-refractivity contribution in [2.24, 2.45) is 0 Å². The molecule has 4 heterocycles. The second-order valence-corrected chi connectivity index (χ2v) is 10.3. The van der Waals surface area contributed by atoms with Gasteiger partial charge in [0.05, 0.1) is 11.7 Å². The van der Waals surface area contributed by atoms with E-state index in [-0.39, 0.29) is 35.3 Å². The number of pyridine rings is 1. The summed E-state index contributed by atoms with van der Waals surface area (Å²) in [7, 11) is 0. The van der Waals surface area contributed by atoms with Gasteiger partial charge in [0.15, 0.2) is 0 Å². The van der Waals surface area contributed by atoms with Crippen molar-refractivity contribution in [2.75, 3.05) is 0 Å². The highest BCUT2D eigenvalue weighted by atomic mass is 35.5. The van der Waals surface area contributed by atoms with Gasteiger partial charge in [-0.1, -0.05) is 11.3 Å². The lowest BCUT2D eigenvalue weighted by Crippen LogP contribution is -2.58. The minimum atomic E-state index is -0.0149. The van der Waals surface area contributed by atoms with Crippen LogP contribution in [0.3, 0.4) is 0 Å². The summed E-state index contributed by atoms with van der Waals surface area (Å²) in [6.45, 7) is 10.8. The lowest BCUT2D eigenvalue weighted by atomic mass is 9.80. The van der Waals surface area contributed by atoms with Gasteiger partial charge in [0.2, 0.25) is 5.65 Å². The summed E-state index contributed by atoms with van der Waals surface area (Å²) in [6.07, 6.45) is 3.62. The first kappa shape index (κ1) is 24.0. The van der Waals surface area contributed by atoms with Crippen LogP contribution >= 0.6 is 12.4 Å². The van der Waals surface area contributed by atoms with Gasteiger partial charge in [0.25, 0.3) is 0 Å². The van der Waals surface area contributed by atoms with E-state index in [1.54, 1.807) is 12.3 Å². The Labute approximate surface area is 205 Å². The maximum Gasteiger partial charge on any atom is 0.201 e. The maximum atomic E-state index is 10.7. The molecule has 1 aliphatic rings. The molecule has 1 aliphatic heterocycles. The third-order valence-electron chi connectivity index (χ3n) is 6.24. The Kier molecular flexibility index (Phi) is 6.08. The summed E-state index contributed by atoms with van der Waals surface area (Å²) in [5.41, 5.74) is 5.32. The smallest absolute Gasteiger partial charge is 0.201 e. The normalized spacial score (nSPS) is 17.4. The molecule has 2 N–H and O–H groups in total. The van der Waals surface area contributed by atoms with Crippen LogP contribution in [-0.2, 0) is 0 Å². The Morgan fingerprint density at radius 1 is 0.941 bits per heavy atom. The molecule has 0 atom stereocenters. The number of nitrogens with zero attached hydrogens (tertiary/aromatic N) is 6. The molecular weight excluding hydrogens is 450 g/mol. The zero-order chi connectivity index (χ0) is 23.4. The van der Waals surface area contributed by atoms with Gasteiger partial charge in [-0.15, -0.1) is 27.7 Å². The SMILES string of the molecule is Cc1cc(-c2ccc(-c3cc4nnn(C5CC(C)(C)NC(C)(C)C5)c4nn3)c(O)c2)ccn1.Cl. The number of benzene rings is 1. The number of aryl methyl sites for hydroxylation is 1. The molecule has 0 radical (unpaired) electrons. The number of phenols is 1.